The lowest BCUT2D eigenvalue weighted by atomic mass is 10.1. The van der Waals surface area contributed by atoms with Gasteiger partial charge in [-0.1, -0.05) is 18.2 Å². The highest BCUT2D eigenvalue weighted by atomic mass is 19.1. The molecule has 0 amide bonds. The molecule has 1 aromatic heterocycles. The fourth-order valence-electron chi connectivity index (χ4n) is 1.74. The third-order valence-electron chi connectivity index (χ3n) is 2.81. The zero-order valence-electron chi connectivity index (χ0n) is 9.73. The van der Waals surface area contributed by atoms with Crippen molar-refractivity contribution in [1.82, 2.24) is 14.8 Å². The Kier molecular flexibility index (Phi) is 3.49. The van der Waals surface area contributed by atoms with Crippen LogP contribution in [-0.4, -0.2) is 14.8 Å². The summed E-state index contributed by atoms with van der Waals surface area (Å²) in [6.07, 6.45) is 1.27. The Morgan fingerprint density at radius 2 is 1.88 bits per heavy atom. The van der Waals surface area contributed by atoms with Crippen LogP contribution < -0.4 is 5.73 Å². The maximum atomic E-state index is 13.4. The van der Waals surface area contributed by atoms with Gasteiger partial charge >= 0.3 is 0 Å². The summed E-state index contributed by atoms with van der Waals surface area (Å²) >= 11 is 0. The van der Waals surface area contributed by atoms with Crippen LogP contribution in [0.2, 0.25) is 0 Å². The van der Waals surface area contributed by atoms with Gasteiger partial charge in [0.05, 0.1) is 6.54 Å². The smallest absolute Gasteiger partial charge is 0.146 e. The molecule has 2 aromatic rings. The van der Waals surface area contributed by atoms with E-state index in [0.29, 0.717) is 24.9 Å². The first-order valence-electron chi connectivity index (χ1n) is 5.53. The zero-order valence-corrected chi connectivity index (χ0v) is 9.73. The second-order valence-corrected chi connectivity index (χ2v) is 3.89. The van der Waals surface area contributed by atoms with Crippen molar-refractivity contribution < 1.29 is 4.39 Å². The van der Waals surface area contributed by atoms with E-state index in [-0.39, 0.29) is 5.82 Å². The van der Waals surface area contributed by atoms with Gasteiger partial charge in [0.25, 0.3) is 0 Å². The van der Waals surface area contributed by atoms with E-state index in [1.54, 1.807) is 12.1 Å². The second-order valence-electron chi connectivity index (χ2n) is 3.89. The number of nitrogens with two attached hydrogens (primary N) is 1. The van der Waals surface area contributed by atoms with Gasteiger partial charge in [-0.3, -0.25) is 0 Å². The second kappa shape index (κ2) is 5.05. The summed E-state index contributed by atoms with van der Waals surface area (Å²) in [5.74, 6) is 1.40. The van der Waals surface area contributed by atoms with Crippen LogP contribution in [0.5, 0.6) is 0 Å². The number of hydrogen-bond acceptors (Lipinski definition) is 3. The third kappa shape index (κ3) is 2.50. The molecule has 0 saturated carbocycles. The predicted octanol–water partition coefficient (Wildman–Crippen LogP) is 1.20. The fraction of sp³-hybridized carbons (Fsp3) is 0.333. The molecular weight excluding hydrogens is 219 g/mol. The largest absolute Gasteiger partial charge is 0.324 e. The number of aryl methyl sites for hydroxylation is 2. The fourth-order valence-corrected chi connectivity index (χ4v) is 1.74. The number of nitrogens with zero attached hydrogens (tertiary/aromatic N) is 3. The highest BCUT2D eigenvalue weighted by Crippen LogP contribution is 2.10. The van der Waals surface area contributed by atoms with Gasteiger partial charge in [-0.15, -0.1) is 10.2 Å². The molecule has 0 unspecified atom stereocenters. The van der Waals surface area contributed by atoms with Crippen LogP contribution in [-0.2, 0) is 26.4 Å². The molecule has 90 valence electrons. The maximum absolute atomic E-state index is 13.4. The molecule has 0 atom stereocenters. The summed E-state index contributed by atoms with van der Waals surface area (Å²) in [7, 11) is 1.87. The molecule has 17 heavy (non-hydrogen) atoms. The highest BCUT2D eigenvalue weighted by Gasteiger charge is 2.08. The monoisotopic (exact) mass is 234 g/mol. The Morgan fingerprint density at radius 3 is 2.53 bits per heavy atom. The number of halogens is 1. The summed E-state index contributed by atoms with van der Waals surface area (Å²) in [5.41, 5.74) is 6.21. The van der Waals surface area contributed by atoms with Gasteiger partial charge in [-0.25, -0.2) is 4.39 Å². The van der Waals surface area contributed by atoms with E-state index in [1.165, 1.54) is 6.07 Å². The number of aromatic nitrogens is 3. The van der Waals surface area contributed by atoms with Crippen LogP contribution in [0, 0.1) is 5.82 Å². The molecule has 0 saturated heterocycles. The summed E-state index contributed by atoms with van der Waals surface area (Å²) in [5, 5.41) is 8.00. The number of rotatable bonds is 4. The van der Waals surface area contributed by atoms with Crippen molar-refractivity contribution in [2.75, 3.05) is 0 Å². The quantitative estimate of drug-likeness (QED) is 0.864. The highest BCUT2D eigenvalue weighted by molar-refractivity contribution is 5.18. The lowest BCUT2D eigenvalue weighted by Crippen LogP contribution is -2.08. The minimum Gasteiger partial charge on any atom is -0.324 e. The molecular formula is C12H15FN4. The van der Waals surface area contributed by atoms with Crippen molar-refractivity contribution in [2.24, 2.45) is 12.8 Å². The van der Waals surface area contributed by atoms with Gasteiger partial charge in [0.2, 0.25) is 0 Å². The van der Waals surface area contributed by atoms with Crippen LogP contribution in [0.1, 0.15) is 17.2 Å². The normalized spacial score (nSPS) is 10.8. The molecule has 4 nitrogen and oxygen atoms in total. The lowest BCUT2D eigenvalue weighted by Gasteiger charge is -2.03. The Bertz CT molecular complexity index is 507. The van der Waals surface area contributed by atoms with Crippen LogP contribution in [0.25, 0.3) is 0 Å². The Labute approximate surface area is 99.3 Å². The minimum absolute atomic E-state index is 0.172. The van der Waals surface area contributed by atoms with E-state index >= 15 is 0 Å². The van der Waals surface area contributed by atoms with E-state index in [4.69, 9.17) is 5.73 Å². The Hall–Kier alpha value is -1.75. The van der Waals surface area contributed by atoms with Gasteiger partial charge in [0.1, 0.15) is 17.5 Å². The molecule has 0 fully saturated rings. The van der Waals surface area contributed by atoms with E-state index < -0.39 is 0 Å². The standard InChI is InChI=1S/C12H15FN4/c1-17-11(15-16-12(17)8-14)7-6-9-4-2-3-5-10(9)13/h2-5H,6-8,14H2,1H3. The maximum Gasteiger partial charge on any atom is 0.146 e. The van der Waals surface area contributed by atoms with Crippen molar-refractivity contribution in [3.8, 4) is 0 Å². The van der Waals surface area contributed by atoms with Crippen molar-refractivity contribution in [3.63, 3.8) is 0 Å². The SMILES string of the molecule is Cn1c(CN)nnc1CCc1ccccc1F. The number of benzene rings is 1. The first-order valence-corrected chi connectivity index (χ1v) is 5.53. The molecule has 0 bridgehead atoms. The van der Waals surface area contributed by atoms with E-state index in [0.717, 1.165) is 11.6 Å². The molecule has 0 radical (unpaired) electrons. The summed E-state index contributed by atoms with van der Waals surface area (Å²) < 4.78 is 15.3. The lowest BCUT2D eigenvalue weighted by molar-refractivity contribution is 0.605. The third-order valence-corrected chi connectivity index (χ3v) is 2.81. The van der Waals surface area contributed by atoms with E-state index in [9.17, 15) is 4.39 Å². The molecule has 0 aliphatic carbocycles. The molecule has 0 aliphatic rings. The minimum atomic E-state index is -0.172. The van der Waals surface area contributed by atoms with Crippen molar-refractivity contribution in [1.29, 1.82) is 0 Å². The van der Waals surface area contributed by atoms with Crippen molar-refractivity contribution >= 4 is 0 Å². The Morgan fingerprint density at radius 1 is 1.18 bits per heavy atom. The topological polar surface area (TPSA) is 56.7 Å². The van der Waals surface area contributed by atoms with Gasteiger partial charge in [-0.2, -0.15) is 0 Å². The number of hydrogen-bond donors (Lipinski definition) is 1. The molecule has 5 heteroatoms. The van der Waals surface area contributed by atoms with Crippen LogP contribution >= 0.6 is 0 Å². The van der Waals surface area contributed by atoms with Crippen LogP contribution in [0.3, 0.4) is 0 Å². The predicted molar refractivity (Wildman–Crippen MR) is 62.7 cm³/mol. The molecule has 1 aromatic carbocycles. The average Bonchev–Trinajstić information content (AvgIpc) is 2.69. The van der Waals surface area contributed by atoms with Gasteiger partial charge in [0, 0.05) is 13.5 Å². The van der Waals surface area contributed by atoms with E-state index in [2.05, 4.69) is 10.2 Å². The van der Waals surface area contributed by atoms with Crippen LogP contribution in [0.4, 0.5) is 4.39 Å². The first-order chi connectivity index (χ1) is 8.22. The van der Waals surface area contributed by atoms with Gasteiger partial charge in [0.15, 0.2) is 0 Å². The summed E-state index contributed by atoms with van der Waals surface area (Å²) in [6, 6.07) is 6.78. The summed E-state index contributed by atoms with van der Waals surface area (Å²) in [4.78, 5) is 0. The summed E-state index contributed by atoms with van der Waals surface area (Å²) in [6.45, 7) is 0.364. The van der Waals surface area contributed by atoms with Gasteiger partial charge < -0.3 is 10.3 Å². The Balaban J connectivity index is 2.07. The molecule has 2 N–H and O–H groups in total. The molecule has 2 rings (SSSR count). The molecule has 0 aliphatic heterocycles. The van der Waals surface area contributed by atoms with E-state index in [1.807, 2.05) is 17.7 Å². The van der Waals surface area contributed by atoms with Gasteiger partial charge in [-0.05, 0) is 18.1 Å². The van der Waals surface area contributed by atoms with Crippen LogP contribution in [0.15, 0.2) is 24.3 Å². The zero-order chi connectivity index (χ0) is 12.3. The van der Waals surface area contributed by atoms with Crippen molar-refractivity contribution in [2.45, 2.75) is 19.4 Å². The molecule has 0 spiro atoms. The molecule has 1 heterocycles. The average molecular weight is 234 g/mol. The first kappa shape index (κ1) is 11.7. The van der Waals surface area contributed by atoms with Crippen molar-refractivity contribution in [3.05, 3.63) is 47.3 Å².